The van der Waals surface area contributed by atoms with Crippen LogP contribution in [0.25, 0.3) is 0 Å². The highest BCUT2D eigenvalue weighted by atomic mass is 16.6. The molecule has 2 N–H and O–H groups in total. The van der Waals surface area contributed by atoms with E-state index >= 15 is 0 Å². The first-order valence-corrected chi connectivity index (χ1v) is 6.51. The predicted molar refractivity (Wildman–Crippen MR) is 81.0 cm³/mol. The standard InChI is InChI=1S/C15H13N3O5/c1-23-13-8-7-11(18(21)22)9-12(13)15(20)17-16-14(19)10-5-3-2-4-6-10/h2-9H,1H3,(H,16,19)(H,17,20). The van der Waals surface area contributed by atoms with Gasteiger partial charge in [-0.1, -0.05) is 18.2 Å². The van der Waals surface area contributed by atoms with Crippen molar-refractivity contribution in [1.82, 2.24) is 10.9 Å². The van der Waals surface area contributed by atoms with Crippen molar-refractivity contribution in [2.75, 3.05) is 7.11 Å². The average Bonchev–Trinajstić information content (AvgIpc) is 2.59. The van der Waals surface area contributed by atoms with E-state index in [1.54, 1.807) is 30.3 Å². The fourth-order valence-corrected chi connectivity index (χ4v) is 1.83. The second-order valence-corrected chi connectivity index (χ2v) is 4.42. The van der Waals surface area contributed by atoms with Crippen molar-refractivity contribution < 1.29 is 19.2 Å². The Kier molecular flexibility index (Phi) is 4.88. The van der Waals surface area contributed by atoms with Crippen molar-refractivity contribution in [1.29, 1.82) is 0 Å². The molecule has 0 saturated heterocycles. The van der Waals surface area contributed by atoms with Crippen LogP contribution in [0.4, 0.5) is 5.69 Å². The number of hydrogen-bond donors (Lipinski definition) is 2. The number of hydrogen-bond acceptors (Lipinski definition) is 5. The molecule has 0 aliphatic heterocycles. The molecule has 0 radical (unpaired) electrons. The van der Waals surface area contributed by atoms with Crippen molar-refractivity contribution >= 4 is 17.5 Å². The molecular weight excluding hydrogens is 302 g/mol. The summed E-state index contributed by atoms with van der Waals surface area (Å²) >= 11 is 0. The minimum absolute atomic E-state index is 0.0601. The van der Waals surface area contributed by atoms with Crippen LogP contribution in [0.1, 0.15) is 20.7 Å². The summed E-state index contributed by atoms with van der Waals surface area (Å²) in [6, 6.07) is 11.9. The fourth-order valence-electron chi connectivity index (χ4n) is 1.83. The van der Waals surface area contributed by atoms with Crippen molar-refractivity contribution in [2.45, 2.75) is 0 Å². The molecule has 2 rings (SSSR count). The van der Waals surface area contributed by atoms with Crippen molar-refractivity contribution in [3.8, 4) is 5.75 Å². The van der Waals surface area contributed by atoms with Gasteiger partial charge in [0.1, 0.15) is 5.75 Å². The first-order valence-electron chi connectivity index (χ1n) is 6.51. The number of ether oxygens (including phenoxy) is 1. The van der Waals surface area contributed by atoms with Crippen LogP contribution >= 0.6 is 0 Å². The largest absolute Gasteiger partial charge is 0.496 e. The zero-order valence-electron chi connectivity index (χ0n) is 12.1. The summed E-state index contributed by atoms with van der Waals surface area (Å²) in [5.41, 5.74) is 4.47. The molecule has 8 nitrogen and oxygen atoms in total. The van der Waals surface area contributed by atoms with Gasteiger partial charge in [-0.3, -0.25) is 30.6 Å². The maximum atomic E-state index is 12.1. The normalized spacial score (nSPS) is 9.78. The van der Waals surface area contributed by atoms with E-state index in [9.17, 15) is 19.7 Å². The number of non-ortho nitro benzene ring substituents is 1. The minimum atomic E-state index is -0.727. The van der Waals surface area contributed by atoms with Gasteiger partial charge >= 0.3 is 0 Å². The van der Waals surface area contributed by atoms with Crippen LogP contribution < -0.4 is 15.6 Å². The molecule has 2 aromatic rings. The summed E-state index contributed by atoms with van der Waals surface area (Å²) in [5, 5.41) is 10.8. The first kappa shape index (κ1) is 16.0. The molecule has 23 heavy (non-hydrogen) atoms. The summed E-state index contributed by atoms with van der Waals surface area (Å²) < 4.78 is 5.00. The second-order valence-electron chi connectivity index (χ2n) is 4.42. The molecule has 0 aliphatic carbocycles. The lowest BCUT2D eigenvalue weighted by Crippen LogP contribution is -2.41. The maximum absolute atomic E-state index is 12.1. The number of rotatable bonds is 4. The molecule has 0 atom stereocenters. The Hall–Kier alpha value is -3.42. The second kappa shape index (κ2) is 7.03. The van der Waals surface area contributed by atoms with Crippen LogP contribution in [-0.2, 0) is 0 Å². The number of methoxy groups -OCH3 is 1. The van der Waals surface area contributed by atoms with Crippen LogP contribution in [0.15, 0.2) is 48.5 Å². The third-order valence-electron chi connectivity index (χ3n) is 2.96. The highest BCUT2D eigenvalue weighted by Gasteiger charge is 2.18. The van der Waals surface area contributed by atoms with Crippen LogP contribution in [0.2, 0.25) is 0 Å². The summed E-state index contributed by atoms with van der Waals surface area (Å²) in [7, 11) is 1.33. The van der Waals surface area contributed by atoms with Crippen molar-refractivity contribution in [2.24, 2.45) is 0 Å². The van der Waals surface area contributed by atoms with E-state index in [0.717, 1.165) is 6.07 Å². The number of nitrogens with zero attached hydrogens (tertiary/aromatic N) is 1. The summed E-state index contributed by atoms with van der Waals surface area (Å²) in [6.07, 6.45) is 0. The fraction of sp³-hybridized carbons (Fsp3) is 0.0667. The Bertz CT molecular complexity index is 746. The lowest BCUT2D eigenvalue weighted by atomic mass is 10.1. The molecule has 0 fully saturated rings. The Morgan fingerprint density at radius 2 is 1.70 bits per heavy atom. The third-order valence-corrected chi connectivity index (χ3v) is 2.96. The Labute approximate surface area is 131 Å². The third kappa shape index (κ3) is 3.82. The van der Waals surface area contributed by atoms with Gasteiger partial charge in [0.15, 0.2) is 0 Å². The van der Waals surface area contributed by atoms with E-state index in [1.807, 2.05) is 0 Å². The average molecular weight is 315 g/mol. The quantitative estimate of drug-likeness (QED) is 0.658. The van der Waals surface area contributed by atoms with Gasteiger partial charge in [0.25, 0.3) is 17.5 Å². The molecule has 0 bridgehead atoms. The van der Waals surface area contributed by atoms with E-state index in [1.165, 1.54) is 19.2 Å². The van der Waals surface area contributed by atoms with Gasteiger partial charge in [0.2, 0.25) is 0 Å². The number of carbonyl (C=O) groups excluding carboxylic acids is 2. The molecule has 0 unspecified atom stereocenters. The number of carbonyl (C=O) groups is 2. The Morgan fingerprint density at radius 3 is 2.30 bits per heavy atom. The van der Waals surface area contributed by atoms with Gasteiger partial charge in [0.05, 0.1) is 17.6 Å². The summed E-state index contributed by atoms with van der Waals surface area (Å²) in [4.78, 5) is 34.1. The monoisotopic (exact) mass is 315 g/mol. The van der Waals surface area contributed by atoms with Gasteiger partial charge in [-0.05, 0) is 18.2 Å². The number of hydrazine groups is 1. The van der Waals surface area contributed by atoms with Crippen LogP contribution in [0.5, 0.6) is 5.75 Å². The molecule has 0 aliphatic rings. The van der Waals surface area contributed by atoms with E-state index in [2.05, 4.69) is 10.9 Å². The molecule has 2 aromatic carbocycles. The molecule has 0 heterocycles. The SMILES string of the molecule is COc1ccc([N+](=O)[O-])cc1C(=O)NNC(=O)c1ccccc1. The van der Waals surface area contributed by atoms with Gasteiger partial charge in [-0.2, -0.15) is 0 Å². The van der Waals surface area contributed by atoms with E-state index < -0.39 is 16.7 Å². The minimum Gasteiger partial charge on any atom is -0.496 e. The lowest BCUT2D eigenvalue weighted by Gasteiger charge is -2.10. The molecule has 118 valence electrons. The highest BCUT2D eigenvalue weighted by molar-refractivity contribution is 6.00. The molecule has 8 heteroatoms. The van der Waals surface area contributed by atoms with Gasteiger partial charge < -0.3 is 4.74 Å². The van der Waals surface area contributed by atoms with Crippen molar-refractivity contribution in [3.63, 3.8) is 0 Å². The number of amides is 2. The van der Waals surface area contributed by atoms with Crippen molar-refractivity contribution in [3.05, 3.63) is 69.8 Å². The smallest absolute Gasteiger partial charge is 0.273 e. The lowest BCUT2D eigenvalue weighted by molar-refractivity contribution is -0.384. The maximum Gasteiger partial charge on any atom is 0.273 e. The first-order chi connectivity index (χ1) is 11.0. The van der Waals surface area contributed by atoms with Crippen LogP contribution in [0.3, 0.4) is 0 Å². The number of nitrogens with one attached hydrogen (secondary N) is 2. The number of benzene rings is 2. The van der Waals surface area contributed by atoms with E-state index in [-0.39, 0.29) is 17.0 Å². The Balaban J connectivity index is 2.12. The topological polar surface area (TPSA) is 111 Å². The van der Waals surface area contributed by atoms with E-state index in [0.29, 0.717) is 5.56 Å². The van der Waals surface area contributed by atoms with Gasteiger partial charge in [-0.15, -0.1) is 0 Å². The molecule has 2 amide bonds. The van der Waals surface area contributed by atoms with Gasteiger partial charge in [-0.25, -0.2) is 0 Å². The zero-order valence-corrected chi connectivity index (χ0v) is 12.1. The molecule has 0 spiro atoms. The number of nitro groups is 1. The number of nitro benzene ring substituents is 1. The Morgan fingerprint density at radius 1 is 1.04 bits per heavy atom. The molecule has 0 aromatic heterocycles. The summed E-state index contributed by atoms with van der Waals surface area (Å²) in [6.45, 7) is 0. The zero-order chi connectivity index (χ0) is 16.8. The van der Waals surface area contributed by atoms with Gasteiger partial charge in [0, 0.05) is 17.7 Å². The van der Waals surface area contributed by atoms with Crippen LogP contribution in [-0.4, -0.2) is 23.8 Å². The highest BCUT2D eigenvalue weighted by Crippen LogP contribution is 2.23. The van der Waals surface area contributed by atoms with Crippen LogP contribution in [0, 0.1) is 10.1 Å². The summed E-state index contributed by atoms with van der Waals surface area (Å²) in [5.74, 6) is -1.08. The molecule has 0 saturated carbocycles. The van der Waals surface area contributed by atoms with E-state index in [4.69, 9.17) is 4.74 Å². The predicted octanol–water partition coefficient (Wildman–Crippen LogP) is 1.68. The molecular formula is C15H13N3O5.